The lowest BCUT2D eigenvalue weighted by Gasteiger charge is -2.25. The second kappa shape index (κ2) is 7.84. The van der Waals surface area contributed by atoms with Crippen molar-refractivity contribution >= 4 is 23.4 Å². The zero-order chi connectivity index (χ0) is 17.9. The van der Waals surface area contributed by atoms with Crippen LogP contribution in [0, 0.1) is 5.82 Å². The van der Waals surface area contributed by atoms with Crippen LogP contribution < -0.4 is 0 Å². The molecule has 1 aliphatic rings. The Labute approximate surface area is 160 Å². The molecular weight excluding hydrogens is 373 g/mol. The minimum absolute atomic E-state index is 0.292. The van der Waals surface area contributed by atoms with Gasteiger partial charge >= 0.3 is 0 Å². The molecular formula is C19H19ClFN3OS. The van der Waals surface area contributed by atoms with Crippen molar-refractivity contribution in [1.29, 1.82) is 0 Å². The molecule has 4 rings (SSSR count). The first-order valence-electron chi connectivity index (χ1n) is 8.78. The van der Waals surface area contributed by atoms with Gasteiger partial charge in [0.25, 0.3) is 0 Å². The van der Waals surface area contributed by atoms with E-state index in [0.29, 0.717) is 28.1 Å². The lowest BCUT2D eigenvalue weighted by atomic mass is 9.95. The van der Waals surface area contributed by atoms with Crippen LogP contribution >= 0.6 is 23.4 Å². The molecule has 0 saturated heterocycles. The first-order chi connectivity index (χ1) is 12.7. The summed E-state index contributed by atoms with van der Waals surface area (Å²) in [6.07, 6.45) is 7.50. The summed E-state index contributed by atoms with van der Waals surface area (Å²) in [5, 5.41) is 9.95. The molecule has 1 fully saturated rings. The van der Waals surface area contributed by atoms with Gasteiger partial charge in [-0.3, -0.25) is 4.57 Å². The van der Waals surface area contributed by atoms with Crippen LogP contribution in [0.1, 0.15) is 43.7 Å². The van der Waals surface area contributed by atoms with Gasteiger partial charge in [-0.15, -0.1) is 10.2 Å². The highest BCUT2D eigenvalue weighted by Crippen LogP contribution is 2.37. The number of nitrogens with zero attached hydrogens (tertiary/aromatic N) is 3. The van der Waals surface area contributed by atoms with E-state index in [1.54, 1.807) is 18.4 Å². The Morgan fingerprint density at radius 2 is 2.00 bits per heavy atom. The van der Waals surface area contributed by atoms with E-state index in [1.165, 1.54) is 37.1 Å². The summed E-state index contributed by atoms with van der Waals surface area (Å²) in [6, 6.07) is 8.85. The van der Waals surface area contributed by atoms with Crippen LogP contribution in [0.4, 0.5) is 4.39 Å². The maximum absolute atomic E-state index is 14.1. The third-order valence-electron chi connectivity index (χ3n) is 4.75. The van der Waals surface area contributed by atoms with Crippen molar-refractivity contribution in [3.05, 3.63) is 53.0 Å². The summed E-state index contributed by atoms with van der Waals surface area (Å²) in [5.41, 5.74) is 0.497. The second-order valence-electron chi connectivity index (χ2n) is 6.43. The van der Waals surface area contributed by atoms with E-state index in [4.69, 9.17) is 16.0 Å². The van der Waals surface area contributed by atoms with Gasteiger partial charge in [0.15, 0.2) is 10.9 Å². The lowest BCUT2D eigenvalue weighted by Crippen LogP contribution is -2.15. The fraction of sp³-hybridized carbons (Fsp3) is 0.368. The number of furan rings is 1. The number of aromatic nitrogens is 3. The highest BCUT2D eigenvalue weighted by molar-refractivity contribution is 7.98. The Morgan fingerprint density at radius 3 is 2.73 bits per heavy atom. The molecule has 0 spiro atoms. The summed E-state index contributed by atoms with van der Waals surface area (Å²) >= 11 is 7.62. The second-order valence-corrected chi connectivity index (χ2v) is 7.78. The van der Waals surface area contributed by atoms with E-state index in [0.717, 1.165) is 23.8 Å². The molecule has 3 aromatic rings. The average Bonchev–Trinajstić information content (AvgIpc) is 3.31. The zero-order valence-electron chi connectivity index (χ0n) is 14.2. The van der Waals surface area contributed by atoms with Gasteiger partial charge in [-0.2, -0.15) is 0 Å². The highest BCUT2D eigenvalue weighted by atomic mass is 35.5. The minimum Gasteiger partial charge on any atom is -0.461 e. The summed E-state index contributed by atoms with van der Waals surface area (Å²) < 4.78 is 21.8. The molecule has 0 aliphatic heterocycles. The smallest absolute Gasteiger partial charge is 0.200 e. The number of thioether (sulfide) groups is 1. The average molecular weight is 392 g/mol. The van der Waals surface area contributed by atoms with Gasteiger partial charge < -0.3 is 4.42 Å². The van der Waals surface area contributed by atoms with E-state index in [9.17, 15) is 4.39 Å². The molecule has 2 aromatic heterocycles. The van der Waals surface area contributed by atoms with Crippen molar-refractivity contribution in [2.24, 2.45) is 0 Å². The van der Waals surface area contributed by atoms with Crippen LogP contribution in [-0.4, -0.2) is 14.8 Å². The van der Waals surface area contributed by atoms with Crippen molar-refractivity contribution in [3.63, 3.8) is 0 Å². The SMILES string of the molecule is Fc1cccc(Cl)c1CSc1nnc(-c2ccco2)n1C1CCCCC1. The Kier molecular flexibility index (Phi) is 5.31. The van der Waals surface area contributed by atoms with Crippen LogP contribution in [0.25, 0.3) is 11.6 Å². The van der Waals surface area contributed by atoms with Gasteiger partial charge in [-0.1, -0.05) is 48.7 Å². The number of hydrogen-bond donors (Lipinski definition) is 0. The van der Waals surface area contributed by atoms with Crippen LogP contribution in [0.2, 0.25) is 5.02 Å². The number of hydrogen-bond acceptors (Lipinski definition) is 4. The fourth-order valence-corrected chi connectivity index (χ4v) is 4.77. The van der Waals surface area contributed by atoms with Crippen LogP contribution in [0.3, 0.4) is 0 Å². The highest BCUT2D eigenvalue weighted by Gasteiger charge is 2.25. The molecule has 1 aliphatic carbocycles. The van der Waals surface area contributed by atoms with Crippen LogP contribution in [0.15, 0.2) is 46.2 Å². The molecule has 26 heavy (non-hydrogen) atoms. The number of rotatable bonds is 5. The Balaban J connectivity index is 1.65. The standard InChI is InChI=1S/C19H19ClFN3OS/c20-15-8-4-9-16(21)14(15)12-26-19-23-22-18(17-10-5-11-25-17)24(19)13-6-2-1-3-7-13/h4-5,8-11,13H,1-3,6-7,12H2. The van der Waals surface area contributed by atoms with Crippen molar-refractivity contribution in [1.82, 2.24) is 14.8 Å². The molecule has 0 unspecified atom stereocenters. The molecule has 0 N–H and O–H groups in total. The predicted molar refractivity (Wildman–Crippen MR) is 101 cm³/mol. The van der Waals surface area contributed by atoms with E-state index in [-0.39, 0.29) is 5.82 Å². The monoisotopic (exact) mass is 391 g/mol. The zero-order valence-corrected chi connectivity index (χ0v) is 15.8. The third kappa shape index (κ3) is 3.53. The maximum Gasteiger partial charge on any atom is 0.200 e. The van der Waals surface area contributed by atoms with E-state index >= 15 is 0 Å². The molecule has 7 heteroatoms. The minimum atomic E-state index is -0.292. The molecule has 0 bridgehead atoms. The quantitative estimate of drug-likeness (QED) is 0.491. The van der Waals surface area contributed by atoms with Gasteiger partial charge in [0.2, 0.25) is 5.82 Å². The van der Waals surface area contributed by atoms with Crippen LogP contribution in [0.5, 0.6) is 0 Å². The third-order valence-corrected chi connectivity index (χ3v) is 6.08. The summed E-state index contributed by atoms with van der Waals surface area (Å²) in [7, 11) is 0. The predicted octanol–water partition coefficient (Wildman–Crippen LogP) is 6.13. The Bertz CT molecular complexity index is 855. The van der Waals surface area contributed by atoms with Crippen molar-refractivity contribution < 1.29 is 8.81 Å². The van der Waals surface area contributed by atoms with E-state index < -0.39 is 0 Å². The summed E-state index contributed by atoms with van der Waals surface area (Å²) in [5.74, 6) is 1.57. The molecule has 1 aromatic carbocycles. The van der Waals surface area contributed by atoms with Crippen molar-refractivity contribution in [3.8, 4) is 11.6 Å². The van der Waals surface area contributed by atoms with Gasteiger partial charge in [-0.25, -0.2) is 4.39 Å². The Hall–Kier alpha value is -1.79. The number of halogens is 2. The Morgan fingerprint density at radius 1 is 1.15 bits per heavy atom. The molecule has 0 amide bonds. The molecule has 0 radical (unpaired) electrons. The number of benzene rings is 1. The van der Waals surface area contributed by atoms with Gasteiger partial charge in [0.1, 0.15) is 5.82 Å². The molecule has 0 atom stereocenters. The first kappa shape index (κ1) is 17.6. The maximum atomic E-state index is 14.1. The molecule has 136 valence electrons. The molecule has 4 nitrogen and oxygen atoms in total. The van der Waals surface area contributed by atoms with Crippen molar-refractivity contribution in [2.75, 3.05) is 0 Å². The largest absolute Gasteiger partial charge is 0.461 e. The normalized spacial score (nSPS) is 15.5. The lowest BCUT2D eigenvalue weighted by molar-refractivity contribution is 0.337. The molecule has 2 heterocycles. The summed E-state index contributed by atoms with van der Waals surface area (Å²) in [4.78, 5) is 0. The molecule has 1 saturated carbocycles. The van der Waals surface area contributed by atoms with Gasteiger partial charge in [-0.05, 0) is 37.1 Å². The van der Waals surface area contributed by atoms with Crippen molar-refractivity contribution in [2.45, 2.75) is 49.1 Å². The summed E-state index contributed by atoms with van der Waals surface area (Å²) in [6.45, 7) is 0. The van der Waals surface area contributed by atoms with E-state index in [1.807, 2.05) is 12.1 Å². The fourth-order valence-electron chi connectivity index (χ4n) is 3.42. The van der Waals surface area contributed by atoms with Gasteiger partial charge in [0.05, 0.1) is 6.26 Å². The topological polar surface area (TPSA) is 43.9 Å². The van der Waals surface area contributed by atoms with E-state index in [2.05, 4.69) is 14.8 Å². The van der Waals surface area contributed by atoms with Gasteiger partial charge in [0, 0.05) is 22.4 Å². The van der Waals surface area contributed by atoms with Crippen LogP contribution in [-0.2, 0) is 5.75 Å². The first-order valence-corrected chi connectivity index (χ1v) is 10.1.